The first-order valence-corrected chi connectivity index (χ1v) is 11.8. The number of benzene rings is 3. The van der Waals surface area contributed by atoms with Crippen LogP contribution in [-0.4, -0.2) is 28.4 Å². The molecule has 0 fully saturated rings. The van der Waals surface area contributed by atoms with Crippen LogP contribution in [0.4, 0.5) is 5.95 Å². The highest BCUT2D eigenvalue weighted by molar-refractivity contribution is 7.98. The molecule has 32 heavy (non-hydrogen) atoms. The van der Waals surface area contributed by atoms with E-state index >= 15 is 0 Å². The lowest BCUT2D eigenvalue weighted by Crippen LogP contribution is -2.29. The summed E-state index contributed by atoms with van der Waals surface area (Å²) in [5, 5.41) is 3.44. The number of carbonyl (C=O) groups excluding carboxylic acids is 1. The Morgan fingerprint density at radius 1 is 1.03 bits per heavy atom. The third-order valence-electron chi connectivity index (χ3n) is 5.62. The zero-order valence-corrected chi connectivity index (χ0v) is 18.7. The van der Waals surface area contributed by atoms with Gasteiger partial charge >= 0.3 is 5.97 Å². The average molecular weight is 442 g/mol. The third kappa shape index (κ3) is 3.46. The van der Waals surface area contributed by atoms with Crippen molar-refractivity contribution in [1.29, 1.82) is 0 Å². The Morgan fingerprint density at radius 2 is 1.75 bits per heavy atom. The molecule has 0 saturated heterocycles. The van der Waals surface area contributed by atoms with Gasteiger partial charge in [0.15, 0.2) is 0 Å². The van der Waals surface area contributed by atoms with Crippen LogP contribution in [0.1, 0.15) is 24.1 Å². The Morgan fingerprint density at radius 3 is 2.47 bits per heavy atom. The third-order valence-corrected chi connectivity index (χ3v) is 6.37. The highest BCUT2D eigenvalue weighted by atomic mass is 32.2. The van der Waals surface area contributed by atoms with Gasteiger partial charge in [-0.05, 0) is 48.6 Å². The van der Waals surface area contributed by atoms with E-state index in [-0.39, 0.29) is 12.0 Å². The largest absolute Gasteiger partial charge is 0.463 e. The minimum atomic E-state index is -0.371. The standard InChI is InChI=1S/C26H23N3O2S/c1-3-31-25(30)22-23(17-9-5-4-6-10-17)28-26-27-20-11-7-8-12-21(20)29(26)24(22)18-13-15-19(32-2)16-14-18/h4-16,24H,3H2,1-2H3,(H,27,28). The van der Waals surface area contributed by atoms with Gasteiger partial charge in [-0.3, -0.25) is 4.57 Å². The van der Waals surface area contributed by atoms with Crippen LogP contribution in [0.25, 0.3) is 16.7 Å². The van der Waals surface area contributed by atoms with Crippen molar-refractivity contribution in [3.05, 3.63) is 95.6 Å². The van der Waals surface area contributed by atoms with Gasteiger partial charge in [0, 0.05) is 4.90 Å². The van der Waals surface area contributed by atoms with Crippen LogP contribution >= 0.6 is 11.8 Å². The van der Waals surface area contributed by atoms with E-state index in [4.69, 9.17) is 9.72 Å². The summed E-state index contributed by atoms with van der Waals surface area (Å²) in [4.78, 5) is 19.4. The summed E-state index contributed by atoms with van der Waals surface area (Å²) in [6.45, 7) is 2.14. The molecule has 0 spiro atoms. The molecule has 6 heteroatoms. The lowest BCUT2D eigenvalue weighted by molar-refractivity contribution is -0.138. The second-order valence-electron chi connectivity index (χ2n) is 7.47. The van der Waals surface area contributed by atoms with E-state index in [1.165, 1.54) is 4.90 Å². The number of thioether (sulfide) groups is 1. The molecule has 4 aromatic rings. The number of aromatic nitrogens is 2. The first-order chi connectivity index (χ1) is 15.7. The van der Waals surface area contributed by atoms with Gasteiger partial charge < -0.3 is 10.1 Å². The molecule has 1 N–H and O–H groups in total. The second-order valence-corrected chi connectivity index (χ2v) is 8.35. The number of hydrogen-bond donors (Lipinski definition) is 1. The van der Waals surface area contributed by atoms with Gasteiger partial charge in [0.1, 0.15) is 0 Å². The fourth-order valence-electron chi connectivity index (χ4n) is 4.20. The van der Waals surface area contributed by atoms with Crippen molar-refractivity contribution < 1.29 is 9.53 Å². The lowest BCUT2D eigenvalue weighted by Gasteiger charge is -2.31. The number of imidazole rings is 1. The molecule has 3 aromatic carbocycles. The van der Waals surface area contributed by atoms with Crippen LogP contribution < -0.4 is 5.32 Å². The highest BCUT2D eigenvalue weighted by Gasteiger charge is 2.36. The molecule has 1 aromatic heterocycles. The number of anilines is 1. The van der Waals surface area contributed by atoms with Gasteiger partial charge in [-0.1, -0.05) is 54.6 Å². The maximum atomic E-state index is 13.4. The quantitative estimate of drug-likeness (QED) is 0.316. The maximum Gasteiger partial charge on any atom is 0.338 e. The van der Waals surface area contributed by atoms with Crippen molar-refractivity contribution in [2.75, 3.05) is 18.2 Å². The molecule has 5 nitrogen and oxygen atoms in total. The van der Waals surface area contributed by atoms with E-state index in [2.05, 4.69) is 40.4 Å². The van der Waals surface area contributed by atoms with E-state index in [1.54, 1.807) is 11.8 Å². The van der Waals surface area contributed by atoms with Crippen LogP contribution in [0, 0.1) is 0 Å². The molecular formula is C26H23N3O2S. The summed E-state index contributed by atoms with van der Waals surface area (Å²) < 4.78 is 7.66. The Balaban J connectivity index is 1.81. The van der Waals surface area contributed by atoms with Crippen LogP contribution in [0.3, 0.4) is 0 Å². The number of rotatable bonds is 5. The molecule has 0 aliphatic carbocycles. The normalized spacial score (nSPS) is 15.4. The van der Waals surface area contributed by atoms with Gasteiger partial charge in [0.05, 0.1) is 35.0 Å². The first-order valence-electron chi connectivity index (χ1n) is 10.6. The molecule has 5 rings (SSSR count). The Labute approximate surface area is 191 Å². The zero-order valence-electron chi connectivity index (χ0n) is 17.9. The number of nitrogens with zero attached hydrogens (tertiary/aromatic N) is 2. The maximum absolute atomic E-state index is 13.4. The number of fused-ring (bicyclic) bond motifs is 3. The van der Waals surface area contributed by atoms with Crippen molar-refractivity contribution in [2.45, 2.75) is 17.9 Å². The Kier molecular flexibility index (Phi) is 5.45. The van der Waals surface area contributed by atoms with Crippen molar-refractivity contribution in [2.24, 2.45) is 0 Å². The number of hydrogen-bond acceptors (Lipinski definition) is 5. The molecule has 0 radical (unpaired) electrons. The average Bonchev–Trinajstić information content (AvgIpc) is 3.22. The summed E-state index contributed by atoms with van der Waals surface area (Å²) in [6.07, 6.45) is 2.05. The van der Waals surface area contributed by atoms with E-state index in [9.17, 15) is 4.79 Å². The molecule has 0 bridgehead atoms. The fourth-order valence-corrected chi connectivity index (χ4v) is 4.60. The number of carbonyl (C=O) groups is 1. The summed E-state index contributed by atoms with van der Waals surface area (Å²) >= 11 is 1.69. The zero-order chi connectivity index (χ0) is 22.1. The number of para-hydroxylation sites is 2. The van der Waals surface area contributed by atoms with Crippen molar-refractivity contribution >= 4 is 40.4 Å². The summed E-state index contributed by atoms with van der Waals surface area (Å²) in [5.41, 5.74) is 5.06. The van der Waals surface area contributed by atoms with Crippen molar-refractivity contribution in [3.8, 4) is 0 Å². The van der Waals surface area contributed by atoms with Gasteiger partial charge in [0.25, 0.3) is 0 Å². The molecule has 0 amide bonds. The molecule has 1 aliphatic rings. The van der Waals surface area contributed by atoms with Crippen LogP contribution in [0.15, 0.2) is 89.3 Å². The summed E-state index contributed by atoms with van der Waals surface area (Å²) in [5.74, 6) is 0.373. The molecule has 1 aliphatic heterocycles. The molecule has 2 heterocycles. The van der Waals surface area contributed by atoms with E-state index in [0.717, 1.165) is 27.9 Å². The minimum absolute atomic E-state index is 0.306. The monoisotopic (exact) mass is 441 g/mol. The predicted molar refractivity (Wildman–Crippen MR) is 130 cm³/mol. The minimum Gasteiger partial charge on any atom is -0.463 e. The van der Waals surface area contributed by atoms with Crippen LogP contribution in [0.5, 0.6) is 0 Å². The first kappa shape index (κ1) is 20.4. The summed E-state index contributed by atoms with van der Waals surface area (Å²) in [7, 11) is 0. The molecule has 1 unspecified atom stereocenters. The van der Waals surface area contributed by atoms with Gasteiger partial charge in [0.2, 0.25) is 5.95 Å². The Bertz CT molecular complexity index is 1310. The van der Waals surface area contributed by atoms with E-state index in [1.807, 2.05) is 61.5 Å². The predicted octanol–water partition coefficient (Wildman–Crippen LogP) is 5.75. The van der Waals surface area contributed by atoms with E-state index in [0.29, 0.717) is 18.1 Å². The van der Waals surface area contributed by atoms with Crippen LogP contribution in [0.2, 0.25) is 0 Å². The topological polar surface area (TPSA) is 56.1 Å². The molecule has 1 atom stereocenters. The number of ether oxygens (including phenoxy) is 1. The highest BCUT2D eigenvalue weighted by Crippen LogP contribution is 2.42. The van der Waals surface area contributed by atoms with Crippen LogP contribution in [-0.2, 0) is 9.53 Å². The van der Waals surface area contributed by atoms with Gasteiger partial charge in [-0.25, -0.2) is 9.78 Å². The Hall–Kier alpha value is -3.51. The van der Waals surface area contributed by atoms with E-state index < -0.39 is 0 Å². The molecular weight excluding hydrogens is 418 g/mol. The summed E-state index contributed by atoms with van der Waals surface area (Å²) in [6, 6.07) is 25.8. The number of esters is 1. The van der Waals surface area contributed by atoms with Gasteiger partial charge in [-0.2, -0.15) is 0 Å². The van der Waals surface area contributed by atoms with Crippen molar-refractivity contribution in [3.63, 3.8) is 0 Å². The smallest absolute Gasteiger partial charge is 0.338 e. The van der Waals surface area contributed by atoms with Gasteiger partial charge in [-0.15, -0.1) is 11.8 Å². The van der Waals surface area contributed by atoms with Crippen molar-refractivity contribution in [1.82, 2.24) is 9.55 Å². The SMILES string of the molecule is CCOC(=O)C1=C(c2ccccc2)Nc2nc3ccccc3n2C1c1ccc(SC)cc1. The molecule has 160 valence electrons. The molecule has 0 saturated carbocycles. The second kappa shape index (κ2) is 8.55. The fraction of sp³-hybridized carbons (Fsp3) is 0.154. The number of nitrogens with one attached hydrogen (secondary N) is 1. The lowest BCUT2D eigenvalue weighted by atomic mass is 9.92.